The van der Waals surface area contributed by atoms with E-state index in [0.717, 1.165) is 22.6 Å². The molecule has 0 radical (unpaired) electrons. The molecule has 0 fully saturated rings. The Bertz CT molecular complexity index is 1400. The summed E-state index contributed by atoms with van der Waals surface area (Å²) in [5, 5.41) is 5.17. The number of rotatable bonds is 7. The highest BCUT2D eigenvalue weighted by molar-refractivity contribution is 7.98. The molecule has 0 spiro atoms. The van der Waals surface area contributed by atoms with Gasteiger partial charge in [-0.3, -0.25) is 14.0 Å². The van der Waals surface area contributed by atoms with Crippen LogP contribution >= 0.6 is 11.8 Å². The molecule has 0 unspecified atom stereocenters. The van der Waals surface area contributed by atoms with Crippen molar-refractivity contribution in [3.63, 3.8) is 0 Å². The Hall–Kier alpha value is -3.46. The summed E-state index contributed by atoms with van der Waals surface area (Å²) in [6.45, 7) is 5.04. The Morgan fingerprint density at radius 2 is 1.97 bits per heavy atom. The molecule has 33 heavy (non-hydrogen) atoms. The van der Waals surface area contributed by atoms with E-state index in [1.54, 1.807) is 16.4 Å². The number of benzene rings is 2. The van der Waals surface area contributed by atoms with Crippen LogP contribution in [0.4, 0.5) is 0 Å². The second-order valence-corrected chi connectivity index (χ2v) is 8.65. The molecular formula is C24H24N4O4S. The summed E-state index contributed by atoms with van der Waals surface area (Å²) in [4.78, 5) is 18.6. The molecule has 2 aromatic carbocycles. The second kappa shape index (κ2) is 8.82. The van der Waals surface area contributed by atoms with Crippen LogP contribution in [0.5, 0.6) is 17.2 Å². The zero-order valence-electron chi connectivity index (χ0n) is 18.7. The van der Waals surface area contributed by atoms with Gasteiger partial charge in [-0.25, -0.2) is 4.98 Å². The summed E-state index contributed by atoms with van der Waals surface area (Å²) in [6, 6.07) is 13.6. The van der Waals surface area contributed by atoms with Gasteiger partial charge >= 0.3 is 0 Å². The molecule has 9 heteroatoms. The topological polar surface area (TPSA) is 80.4 Å². The highest BCUT2D eigenvalue weighted by atomic mass is 32.2. The zero-order chi connectivity index (χ0) is 22.9. The van der Waals surface area contributed by atoms with Crippen LogP contribution in [0.25, 0.3) is 11.0 Å². The largest absolute Gasteiger partial charge is 0.497 e. The van der Waals surface area contributed by atoms with Crippen LogP contribution in [0.1, 0.15) is 23.7 Å². The number of hydrogen-bond acceptors (Lipinski definition) is 7. The van der Waals surface area contributed by atoms with Crippen LogP contribution in [0.3, 0.4) is 0 Å². The van der Waals surface area contributed by atoms with Crippen molar-refractivity contribution in [3.05, 3.63) is 69.6 Å². The summed E-state index contributed by atoms with van der Waals surface area (Å²) in [5.41, 5.74) is 3.85. The van der Waals surface area contributed by atoms with Crippen molar-refractivity contribution in [2.75, 3.05) is 13.9 Å². The van der Waals surface area contributed by atoms with Gasteiger partial charge in [-0.1, -0.05) is 30.0 Å². The summed E-state index contributed by atoms with van der Waals surface area (Å²) in [7, 11) is 1.65. The lowest BCUT2D eigenvalue weighted by Gasteiger charge is -2.13. The fourth-order valence-electron chi connectivity index (χ4n) is 3.90. The molecule has 0 N–H and O–H groups in total. The number of hydrogen-bond donors (Lipinski definition) is 0. The predicted molar refractivity (Wildman–Crippen MR) is 126 cm³/mol. The standard InChI is InChI=1S/C24H24N4O4S/c1-4-28-22-21(15(2)26-28)25-24(33-13-17-6-5-7-18(10-17)30-3)27(23(22)29)12-16-8-9-19-20(11-16)32-14-31-19/h5-11H,4,12-14H2,1-3H3. The molecule has 5 rings (SSSR count). The first-order valence-electron chi connectivity index (χ1n) is 10.7. The lowest BCUT2D eigenvalue weighted by atomic mass is 10.2. The molecule has 0 saturated heterocycles. The third-order valence-corrected chi connectivity index (χ3v) is 6.61. The van der Waals surface area contributed by atoms with Gasteiger partial charge in [0.1, 0.15) is 11.3 Å². The van der Waals surface area contributed by atoms with E-state index in [0.29, 0.717) is 46.5 Å². The average molecular weight is 465 g/mol. The van der Waals surface area contributed by atoms with Crippen LogP contribution in [0.15, 0.2) is 52.4 Å². The summed E-state index contributed by atoms with van der Waals surface area (Å²) in [6.07, 6.45) is 0. The van der Waals surface area contributed by atoms with Crippen LogP contribution in [0.2, 0.25) is 0 Å². The second-order valence-electron chi connectivity index (χ2n) is 7.71. The van der Waals surface area contributed by atoms with Crippen LogP contribution in [-0.4, -0.2) is 33.2 Å². The quantitative estimate of drug-likeness (QED) is 0.302. The molecule has 2 aromatic heterocycles. The fourth-order valence-corrected chi connectivity index (χ4v) is 4.83. The smallest absolute Gasteiger partial charge is 0.280 e. The molecule has 4 aromatic rings. The molecule has 3 heterocycles. The van der Waals surface area contributed by atoms with E-state index < -0.39 is 0 Å². The minimum Gasteiger partial charge on any atom is -0.497 e. The summed E-state index contributed by atoms with van der Waals surface area (Å²) < 4.78 is 19.7. The van der Waals surface area contributed by atoms with Gasteiger partial charge in [0.2, 0.25) is 6.79 Å². The molecular weight excluding hydrogens is 440 g/mol. The van der Waals surface area contributed by atoms with Crippen molar-refractivity contribution in [1.29, 1.82) is 0 Å². The Morgan fingerprint density at radius 1 is 1.12 bits per heavy atom. The van der Waals surface area contributed by atoms with Gasteiger partial charge in [-0.05, 0) is 49.2 Å². The number of aryl methyl sites for hydroxylation is 2. The molecule has 0 bridgehead atoms. The third kappa shape index (κ3) is 4.04. The molecule has 0 atom stereocenters. The normalized spacial score (nSPS) is 12.5. The fraction of sp³-hybridized carbons (Fsp3) is 0.292. The van der Waals surface area contributed by atoms with E-state index in [9.17, 15) is 4.79 Å². The molecule has 0 aliphatic carbocycles. The maximum absolute atomic E-state index is 13.7. The van der Waals surface area contributed by atoms with Crippen molar-refractivity contribution < 1.29 is 14.2 Å². The first-order chi connectivity index (χ1) is 16.1. The Kier molecular flexibility index (Phi) is 5.72. The summed E-state index contributed by atoms with van der Waals surface area (Å²) in [5.74, 6) is 2.85. The maximum Gasteiger partial charge on any atom is 0.280 e. The van der Waals surface area contributed by atoms with Crippen molar-refractivity contribution in [2.45, 2.75) is 37.8 Å². The average Bonchev–Trinajstić information content (AvgIpc) is 3.43. The molecule has 1 aliphatic heterocycles. The molecule has 170 valence electrons. The van der Waals surface area contributed by atoms with Gasteiger partial charge in [0.05, 0.1) is 19.3 Å². The number of aromatic nitrogens is 4. The lowest BCUT2D eigenvalue weighted by Crippen LogP contribution is -2.25. The van der Waals surface area contributed by atoms with E-state index in [1.165, 1.54) is 11.8 Å². The van der Waals surface area contributed by atoms with Gasteiger partial charge in [0.25, 0.3) is 5.56 Å². The van der Waals surface area contributed by atoms with E-state index in [2.05, 4.69) is 5.10 Å². The minimum atomic E-state index is -0.103. The maximum atomic E-state index is 13.7. The van der Waals surface area contributed by atoms with Crippen LogP contribution in [0, 0.1) is 6.92 Å². The Morgan fingerprint density at radius 3 is 2.79 bits per heavy atom. The minimum absolute atomic E-state index is 0.103. The van der Waals surface area contributed by atoms with E-state index in [1.807, 2.05) is 56.3 Å². The molecule has 0 saturated carbocycles. The molecule has 1 aliphatic rings. The van der Waals surface area contributed by atoms with Crippen molar-refractivity contribution in [1.82, 2.24) is 19.3 Å². The predicted octanol–water partition coefficient (Wildman–Crippen LogP) is 4.00. The highest BCUT2D eigenvalue weighted by Crippen LogP contribution is 2.33. The van der Waals surface area contributed by atoms with Crippen molar-refractivity contribution in [3.8, 4) is 17.2 Å². The van der Waals surface area contributed by atoms with E-state index in [-0.39, 0.29) is 12.4 Å². The number of thioether (sulfide) groups is 1. The van der Waals surface area contributed by atoms with Gasteiger partial charge in [-0.15, -0.1) is 0 Å². The monoisotopic (exact) mass is 464 g/mol. The highest BCUT2D eigenvalue weighted by Gasteiger charge is 2.20. The first kappa shape index (κ1) is 21.4. The molecule has 8 nitrogen and oxygen atoms in total. The van der Waals surface area contributed by atoms with Crippen molar-refractivity contribution in [2.24, 2.45) is 0 Å². The Labute approximate surface area is 195 Å². The van der Waals surface area contributed by atoms with Crippen LogP contribution in [-0.2, 0) is 18.8 Å². The van der Waals surface area contributed by atoms with Crippen LogP contribution < -0.4 is 19.8 Å². The SMILES string of the molecule is CCn1nc(C)c2nc(SCc3cccc(OC)c3)n(Cc3ccc4c(c3)OCO4)c(=O)c21. The number of fused-ring (bicyclic) bond motifs is 2. The summed E-state index contributed by atoms with van der Waals surface area (Å²) >= 11 is 1.52. The zero-order valence-corrected chi connectivity index (χ0v) is 19.5. The third-order valence-electron chi connectivity index (χ3n) is 5.56. The first-order valence-corrected chi connectivity index (χ1v) is 11.7. The number of nitrogens with zero attached hydrogens (tertiary/aromatic N) is 4. The number of ether oxygens (including phenoxy) is 3. The van der Waals surface area contributed by atoms with E-state index in [4.69, 9.17) is 19.2 Å². The van der Waals surface area contributed by atoms with E-state index >= 15 is 0 Å². The van der Waals surface area contributed by atoms with Gasteiger partial charge < -0.3 is 14.2 Å². The molecule has 0 amide bonds. The number of methoxy groups -OCH3 is 1. The van der Waals surface area contributed by atoms with Gasteiger partial charge in [-0.2, -0.15) is 5.10 Å². The van der Waals surface area contributed by atoms with Gasteiger partial charge in [0.15, 0.2) is 22.2 Å². The van der Waals surface area contributed by atoms with Gasteiger partial charge in [0, 0.05) is 12.3 Å². The van der Waals surface area contributed by atoms with Crippen molar-refractivity contribution >= 4 is 22.8 Å². The lowest BCUT2D eigenvalue weighted by molar-refractivity contribution is 0.174. The Balaban J connectivity index is 1.57.